The van der Waals surface area contributed by atoms with Gasteiger partial charge in [-0.3, -0.25) is 24.1 Å². The number of carbonyl (C=O) groups is 4. The number of piperidine rings is 1. The van der Waals surface area contributed by atoms with Gasteiger partial charge in [-0.15, -0.1) is 0 Å². The molecule has 3 aliphatic heterocycles. The van der Waals surface area contributed by atoms with E-state index in [0.29, 0.717) is 38.9 Å². The maximum atomic E-state index is 13.1. The van der Waals surface area contributed by atoms with Crippen LogP contribution in [0.15, 0.2) is 30.3 Å². The first-order valence-corrected chi connectivity index (χ1v) is 9.92. The summed E-state index contributed by atoms with van der Waals surface area (Å²) in [6.07, 6.45) is 1.96. The van der Waals surface area contributed by atoms with E-state index in [2.05, 4.69) is 0 Å². The highest BCUT2D eigenvalue weighted by molar-refractivity contribution is 6.08. The second-order valence-corrected chi connectivity index (χ2v) is 7.92. The standard InChI is InChI=1S/C21H25N3O4/c1-14(25)22-11-9-16(13-22)19(26)23-10-5-8-17-18(23)21(28)24(20(17)27)12-15-6-3-2-4-7-15/h2-4,6-7,16-18H,5,8-13H2,1H3/t16-,17+,18-/m0/s1. The van der Waals surface area contributed by atoms with Crippen LogP contribution in [0, 0.1) is 11.8 Å². The topological polar surface area (TPSA) is 78.0 Å². The maximum Gasteiger partial charge on any atom is 0.253 e. The second-order valence-electron chi connectivity index (χ2n) is 7.92. The van der Waals surface area contributed by atoms with Gasteiger partial charge in [-0.05, 0) is 24.8 Å². The van der Waals surface area contributed by atoms with Crippen LogP contribution in [-0.2, 0) is 25.7 Å². The first-order chi connectivity index (χ1) is 13.5. The van der Waals surface area contributed by atoms with E-state index in [1.165, 1.54) is 11.8 Å². The number of fused-ring (bicyclic) bond motifs is 1. The first kappa shape index (κ1) is 18.7. The lowest BCUT2D eigenvalue weighted by molar-refractivity contribution is -0.147. The highest BCUT2D eigenvalue weighted by atomic mass is 16.2. The van der Waals surface area contributed by atoms with Gasteiger partial charge in [0.05, 0.1) is 18.4 Å². The molecule has 1 aromatic carbocycles. The van der Waals surface area contributed by atoms with Crippen LogP contribution in [0.3, 0.4) is 0 Å². The predicted octanol–water partition coefficient (Wildman–Crippen LogP) is 1.03. The van der Waals surface area contributed by atoms with Crippen LogP contribution in [-0.4, -0.2) is 64.0 Å². The number of likely N-dealkylation sites (tertiary alicyclic amines) is 3. The molecule has 3 saturated heterocycles. The molecule has 1 aromatic rings. The second kappa shape index (κ2) is 7.37. The maximum absolute atomic E-state index is 13.1. The highest BCUT2D eigenvalue weighted by Crippen LogP contribution is 2.35. The van der Waals surface area contributed by atoms with Gasteiger partial charge in [0.15, 0.2) is 0 Å². The number of carbonyl (C=O) groups excluding carboxylic acids is 4. The Labute approximate surface area is 164 Å². The average Bonchev–Trinajstić information content (AvgIpc) is 3.29. The molecule has 3 aliphatic rings. The zero-order valence-electron chi connectivity index (χ0n) is 16.0. The fourth-order valence-corrected chi connectivity index (χ4v) is 4.68. The number of hydrogen-bond acceptors (Lipinski definition) is 4. The van der Waals surface area contributed by atoms with Gasteiger partial charge in [0.1, 0.15) is 6.04 Å². The number of hydrogen-bond donors (Lipinski definition) is 0. The van der Waals surface area contributed by atoms with Gasteiger partial charge < -0.3 is 9.80 Å². The van der Waals surface area contributed by atoms with Gasteiger partial charge in [0.25, 0.3) is 5.91 Å². The molecular formula is C21H25N3O4. The molecule has 0 bridgehead atoms. The van der Waals surface area contributed by atoms with Gasteiger partial charge in [-0.2, -0.15) is 0 Å². The Hall–Kier alpha value is -2.70. The zero-order chi connectivity index (χ0) is 19.8. The fraction of sp³-hybridized carbons (Fsp3) is 0.524. The summed E-state index contributed by atoms with van der Waals surface area (Å²) in [5, 5.41) is 0. The van der Waals surface area contributed by atoms with Crippen molar-refractivity contribution in [2.75, 3.05) is 19.6 Å². The summed E-state index contributed by atoms with van der Waals surface area (Å²) in [6.45, 7) is 3.22. The van der Waals surface area contributed by atoms with Gasteiger partial charge in [0, 0.05) is 26.6 Å². The van der Waals surface area contributed by atoms with Crippen molar-refractivity contribution < 1.29 is 19.2 Å². The summed E-state index contributed by atoms with van der Waals surface area (Å²) in [5.74, 6) is -1.30. The Morgan fingerprint density at radius 3 is 2.46 bits per heavy atom. The zero-order valence-corrected chi connectivity index (χ0v) is 16.0. The average molecular weight is 383 g/mol. The largest absolute Gasteiger partial charge is 0.342 e. The third-order valence-electron chi connectivity index (χ3n) is 6.18. The molecule has 0 unspecified atom stereocenters. The Morgan fingerprint density at radius 1 is 1.04 bits per heavy atom. The number of rotatable bonds is 3. The van der Waals surface area contributed by atoms with Crippen molar-refractivity contribution in [2.45, 2.75) is 38.8 Å². The van der Waals surface area contributed by atoms with Crippen LogP contribution in [0.2, 0.25) is 0 Å². The summed E-state index contributed by atoms with van der Waals surface area (Å²) >= 11 is 0. The molecule has 0 aliphatic carbocycles. The van der Waals surface area contributed by atoms with Crippen molar-refractivity contribution in [3.05, 3.63) is 35.9 Å². The van der Waals surface area contributed by atoms with Gasteiger partial charge >= 0.3 is 0 Å². The molecule has 28 heavy (non-hydrogen) atoms. The minimum absolute atomic E-state index is 0.0343. The van der Waals surface area contributed by atoms with E-state index in [1.54, 1.807) is 9.80 Å². The van der Waals surface area contributed by atoms with Crippen molar-refractivity contribution >= 4 is 23.6 Å². The monoisotopic (exact) mass is 383 g/mol. The predicted molar refractivity (Wildman–Crippen MR) is 101 cm³/mol. The van der Waals surface area contributed by atoms with Crippen LogP contribution in [0.5, 0.6) is 0 Å². The number of imide groups is 1. The molecule has 3 atom stereocenters. The molecule has 148 valence electrons. The fourth-order valence-electron chi connectivity index (χ4n) is 4.68. The molecule has 7 heteroatoms. The van der Waals surface area contributed by atoms with E-state index < -0.39 is 12.0 Å². The van der Waals surface area contributed by atoms with Crippen molar-refractivity contribution in [1.29, 1.82) is 0 Å². The minimum Gasteiger partial charge on any atom is -0.342 e. The van der Waals surface area contributed by atoms with Gasteiger partial charge in [0.2, 0.25) is 17.7 Å². The van der Waals surface area contributed by atoms with E-state index in [9.17, 15) is 19.2 Å². The Morgan fingerprint density at radius 2 is 1.79 bits per heavy atom. The van der Waals surface area contributed by atoms with E-state index in [4.69, 9.17) is 0 Å². The normalized spacial score (nSPS) is 27.3. The summed E-state index contributed by atoms with van der Waals surface area (Å²) in [4.78, 5) is 55.3. The third-order valence-corrected chi connectivity index (χ3v) is 6.18. The Bertz CT molecular complexity index is 809. The number of amides is 4. The molecule has 4 rings (SSSR count). The van der Waals surface area contributed by atoms with Crippen molar-refractivity contribution in [1.82, 2.24) is 14.7 Å². The van der Waals surface area contributed by atoms with Crippen molar-refractivity contribution in [3.63, 3.8) is 0 Å². The molecule has 0 N–H and O–H groups in total. The summed E-state index contributed by atoms with van der Waals surface area (Å²) < 4.78 is 0. The van der Waals surface area contributed by atoms with Gasteiger partial charge in [-0.25, -0.2) is 0 Å². The summed E-state index contributed by atoms with van der Waals surface area (Å²) in [7, 11) is 0. The number of benzene rings is 1. The van der Waals surface area contributed by atoms with Crippen LogP contribution < -0.4 is 0 Å². The van der Waals surface area contributed by atoms with E-state index in [1.807, 2.05) is 30.3 Å². The van der Waals surface area contributed by atoms with Crippen LogP contribution in [0.1, 0.15) is 31.7 Å². The van der Waals surface area contributed by atoms with Crippen molar-refractivity contribution in [3.8, 4) is 0 Å². The Balaban J connectivity index is 1.52. The smallest absolute Gasteiger partial charge is 0.253 e. The van der Waals surface area contributed by atoms with E-state index in [-0.39, 0.29) is 36.1 Å². The van der Waals surface area contributed by atoms with Crippen molar-refractivity contribution in [2.24, 2.45) is 11.8 Å². The van der Waals surface area contributed by atoms with E-state index >= 15 is 0 Å². The van der Waals surface area contributed by atoms with E-state index in [0.717, 1.165) is 5.56 Å². The quantitative estimate of drug-likeness (QED) is 0.731. The lowest BCUT2D eigenvalue weighted by atomic mass is 9.90. The molecule has 0 spiro atoms. The summed E-state index contributed by atoms with van der Waals surface area (Å²) in [6, 6.07) is 8.74. The molecule has 0 radical (unpaired) electrons. The molecule has 4 amide bonds. The van der Waals surface area contributed by atoms with Gasteiger partial charge in [-0.1, -0.05) is 30.3 Å². The molecular weight excluding hydrogens is 358 g/mol. The van der Waals surface area contributed by atoms with Crippen LogP contribution in [0.25, 0.3) is 0 Å². The van der Waals surface area contributed by atoms with Crippen LogP contribution >= 0.6 is 0 Å². The third kappa shape index (κ3) is 3.19. The first-order valence-electron chi connectivity index (χ1n) is 9.92. The SMILES string of the molecule is CC(=O)N1CC[C@H](C(=O)N2CCC[C@H]3C(=O)N(Cc4ccccc4)C(=O)[C@H]32)C1. The lowest BCUT2D eigenvalue weighted by Gasteiger charge is -2.36. The lowest BCUT2D eigenvalue weighted by Crippen LogP contribution is -2.53. The summed E-state index contributed by atoms with van der Waals surface area (Å²) in [5.41, 5.74) is 0.897. The molecule has 3 heterocycles. The van der Waals surface area contributed by atoms with Crippen LogP contribution in [0.4, 0.5) is 0 Å². The molecule has 0 saturated carbocycles. The Kier molecular flexibility index (Phi) is 4.91. The molecule has 3 fully saturated rings. The molecule has 7 nitrogen and oxygen atoms in total. The highest BCUT2D eigenvalue weighted by Gasteiger charge is 2.53. The minimum atomic E-state index is -0.691. The number of nitrogens with zero attached hydrogens (tertiary/aromatic N) is 3. The molecule has 0 aromatic heterocycles.